The number of nitrogens with zero attached hydrogens (tertiary/aromatic N) is 1. The third kappa shape index (κ3) is 1.82. The molecule has 0 aliphatic carbocycles. The van der Waals surface area contributed by atoms with E-state index in [1.165, 1.54) is 0 Å². The van der Waals surface area contributed by atoms with Crippen LogP contribution in [0.1, 0.15) is 0 Å². The van der Waals surface area contributed by atoms with E-state index in [2.05, 4.69) is 30.6 Å². The van der Waals surface area contributed by atoms with Gasteiger partial charge >= 0.3 is 5.76 Å². The molecule has 0 radical (unpaired) electrons. The highest BCUT2D eigenvalue weighted by atomic mass is 79.9. The molecule has 78 valence electrons. The Morgan fingerprint density at radius 3 is 2.60 bits per heavy atom. The van der Waals surface area contributed by atoms with E-state index in [4.69, 9.17) is 0 Å². The van der Waals surface area contributed by atoms with E-state index in [1.54, 1.807) is 0 Å². The molecule has 15 heavy (non-hydrogen) atoms. The fraction of sp³-hybridized carbons (Fsp3) is 0. The van der Waals surface area contributed by atoms with Crippen molar-refractivity contribution in [2.24, 2.45) is 0 Å². The predicted octanol–water partition coefficient (Wildman–Crippen LogP) is 2.07. The molecule has 1 N–H and O–H groups in total. The Bertz CT molecular complexity index is 564. The van der Waals surface area contributed by atoms with Gasteiger partial charge in [0.05, 0.1) is 0 Å². The first-order valence-electron chi connectivity index (χ1n) is 3.79. The summed E-state index contributed by atoms with van der Waals surface area (Å²) in [6, 6.07) is 1.85. The van der Waals surface area contributed by atoms with Crippen molar-refractivity contribution in [3.05, 3.63) is 38.8 Å². The number of rotatable bonds is 1. The van der Waals surface area contributed by atoms with Gasteiger partial charge in [0.2, 0.25) is 0 Å². The summed E-state index contributed by atoms with van der Waals surface area (Å²) in [5, 5.41) is 3.36. The minimum atomic E-state index is -1.03. The molecule has 0 aliphatic heterocycles. The minimum absolute atomic E-state index is 0.0331. The quantitative estimate of drug-likeness (QED) is 0.812. The van der Waals surface area contributed by atoms with Crippen molar-refractivity contribution in [3.8, 4) is 11.4 Å². The Kier molecular flexibility index (Phi) is 2.39. The van der Waals surface area contributed by atoms with Gasteiger partial charge in [-0.2, -0.15) is 0 Å². The first-order valence-corrected chi connectivity index (χ1v) is 4.58. The van der Waals surface area contributed by atoms with Crippen LogP contribution in [0.4, 0.5) is 8.78 Å². The number of aromatic nitrogens is 2. The largest absolute Gasteiger partial charge is 0.439 e. The van der Waals surface area contributed by atoms with Gasteiger partial charge in [-0.05, 0) is 28.1 Å². The van der Waals surface area contributed by atoms with Crippen molar-refractivity contribution in [2.45, 2.75) is 0 Å². The summed E-state index contributed by atoms with van der Waals surface area (Å²) in [6.07, 6.45) is 0. The summed E-state index contributed by atoms with van der Waals surface area (Å²) < 4.78 is 30.2. The Balaban J connectivity index is 2.63. The van der Waals surface area contributed by atoms with E-state index in [0.29, 0.717) is 0 Å². The molecule has 2 aromatic rings. The maximum Gasteiger partial charge on any atom is 0.439 e. The SMILES string of the molecule is O=c1[nH]c(-c2cc(F)c(F)cc2Br)no1. The Morgan fingerprint density at radius 2 is 2.00 bits per heavy atom. The van der Waals surface area contributed by atoms with Crippen LogP contribution in [0, 0.1) is 11.6 Å². The van der Waals surface area contributed by atoms with E-state index in [-0.39, 0.29) is 15.9 Å². The lowest BCUT2D eigenvalue weighted by molar-refractivity contribution is 0.388. The molecule has 0 fully saturated rings. The zero-order valence-corrected chi connectivity index (χ0v) is 8.64. The van der Waals surface area contributed by atoms with Crippen molar-refractivity contribution < 1.29 is 13.3 Å². The van der Waals surface area contributed by atoms with Crippen LogP contribution in [0.15, 0.2) is 25.9 Å². The standard InChI is InChI=1S/C8H3BrF2N2O2/c9-4-2-6(11)5(10)1-3(4)7-12-8(14)15-13-7/h1-2H,(H,12,13,14). The maximum atomic E-state index is 12.9. The zero-order chi connectivity index (χ0) is 11.0. The third-order valence-corrected chi connectivity index (χ3v) is 2.36. The van der Waals surface area contributed by atoms with Crippen LogP contribution < -0.4 is 5.76 Å². The van der Waals surface area contributed by atoms with Crippen molar-refractivity contribution in [2.75, 3.05) is 0 Å². The molecule has 1 aromatic carbocycles. The van der Waals surface area contributed by atoms with Gasteiger partial charge in [-0.15, -0.1) is 0 Å². The van der Waals surface area contributed by atoms with Crippen molar-refractivity contribution in [3.63, 3.8) is 0 Å². The molecule has 0 bridgehead atoms. The molecule has 0 saturated heterocycles. The highest BCUT2D eigenvalue weighted by Gasteiger charge is 2.13. The Labute approximate surface area is 90.0 Å². The van der Waals surface area contributed by atoms with Gasteiger partial charge in [-0.25, -0.2) is 13.6 Å². The number of hydrogen-bond donors (Lipinski definition) is 1. The van der Waals surface area contributed by atoms with Gasteiger partial charge in [-0.3, -0.25) is 9.51 Å². The van der Waals surface area contributed by atoms with Gasteiger partial charge in [0.15, 0.2) is 17.5 Å². The van der Waals surface area contributed by atoms with Gasteiger partial charge in [0.25, 0.3) is 0 Å². The fourth-order valence-electron chi connectivity index (χ4n) is 1.05. The number of hydrogen-bond acceptors (Lipinski definition) is 3. The van der Waals surface area contributed by atoms with Crippen LogP contribution in [0.5, 0.6) is 0 Å². The second kappa shape index (κ2) is 3.58. The predicted molar refractivity (Wildman–Crippen MR) is 50.2 cm³/mol. The lowest BCUT2D eigenvalue weighted by Crippen LogP contribution is -1.96. The van der Waals surface area contributed by atoms with Crippen LogP contribution in [-0.4, -0.2) is 10.1 Å². The summed E-state index contributed by atoms with van der Waals surface area (Å²) in [7, 11) is 0. The van der Waals surface area contributed by atoms with Gasteiger partial charge in [-0.1, -0.05) is 5.16 Å². The molecule has 0 spiro atoms. The molecule has 0 aliphatic rings. The molecule has 0 atom stereocenters. The third-order valence-electron chi connectivity index (χ3n) is 1.71. The topological polar surface area (TPSA) is 58.9 Å². The molecule has 0 unspecified atom stereocenters. The van der Waals surface area contributed by atoms with Gasteiger partial charge < -0.3 is 0 Å². The lowest BCUT2D eigenvalue weighted by Gasteiger charge is -2.00. The summed E-state index contributed by atoms with van der Waals surface area (Å²) in [5.41, 5.74) is 0.208. The number of halogens is 3. The van der Waals surface area contributed by atoms with E-state index in [1.807, 2.05) is 0 Å². The van der Waals surface area contributed by atoms with Crippen LogP contribution >= 0.6 is 15.9 Å². The smallest absolute Gasteiger partial charge is 0.296 e. The van der Waals surface area contributed by atoms with E-state index in [9.17, 15) is 13.6 Å². The minimum Gasteiger partial charge on any atom is -0.296 e. The highest BCUT2D eigenvalue weighted by molar-refractivity contribution is 9.10. The van der Waals surface area contributed by atoms with Crippen LogP contribution in [0.3, 0.4) is 0 Å². The van der Waals surface area contributed by atoms with Crippen LogP contribution in [-0.2, 0) is 0 Å². The molecule has 2 rings (SSSR count). The summed E-state index contributed by atoms with van der Waals surface area (Å²) in [5.74, 6) is -2.75. The highest BCUT2D eigenvalue weighted by Crippen LogP contribution is 2.27. The van der Waals surface area contributed by atoms with Gasteiger partial charge in [0, 0.05) is 10.0 Å². The molecular weight excluding hydrogens is 274 g/mol. The molecular formula is C8H3BrF2N2O2. The maximum absolute atomic E-state index is 12.9. The molecule has 1 heterocycles. The monoisotopic (exact) mass is 276 g/mol. The van der Waals surface area contributed by atoms with Gasteiger partial charge in [0.1, 0.15) is 0 Å². The van der Waals surface area contributed by atoms with E-state index >= 15 is 0 Å². The Morgan fingerprint density at radius 1 is 1.33 bits per heavy atom. The zero-order valence-electron chi connectivity index (χ0n) is 7.05. The van der Waals surface area contributed by atoms with Crippen molar-refractivity contribution in [1.29, 1.82) is 0 Å². The second-order valence-corrected chi connectivity index (χ2v) is 3.54. The summed E-state index contributed by atoms with van der Waals surface area (Å²) >= 11 is 3.02. The molecule has 0 amide bonds. The fourth-order valence-corrected chi connectivity index (χ4v) is 1.55. The van der Waals surface area contributed by atoms with Crippen LogP contribution in [0.25, 0.3) is 11.4 Å². The average molecular weight is 277 g/mol. The molecule has 1 aromatic heterocycles. The first-order chi connectivity index (χ1) is 7.08. The van der Waals surface area contributed by atoms with Crippen molar-refractivity contribution >= 4 is 15.9 Å². The summed E-state index contributed by atoms with van der Waals surface area (Å²) in [6.45, 7) is 0. The van der Waals surface area contributed by atoms with Crippen molar-refractivity contribution in [1.82, 2.24) is 10.1 Å². The normalized spacial score (nSPS) is 10.6. The van der Waals surface area contributed by atoms with Crippen LogP contribution in [0.2, 0.25) is 0 Å². The summed E-state index contributed by atoms with van der Waals surface area (Å²) in [4.78, 5) is 12.9. The second-order valence-electron chi connectivity index (χ2n) is 2.69. The molecule has 7 heteroatoms. The lowest BCUT2D eigenvalue weighted by atomic mass is 10.2. The number of benzene rings is 1. The molecule has 4 nitrogen and oxygen atoms in total. The van der Waals surface area contributed by atoms with E-state index in [0.717, 1.165) is 12.1 Å². The number of nitrogens with one attached hydrogen (secondary N) is 1. The van der Waals surface area contributed by atoms with E-state index < -0.39 is 17.4 Å². The number of H-pyrrole nitrogens is 1. The molecule has 0 saturated carbocycles. The Hall–Kier alpha value is -1.50. The average Bonchev–Trinajstić information content (AvgIpc) is 2.58. The first kappa shape index (κ1) is 10.0. The number of aromatic amines is 1.